The summed E-state index contributed by atoms with van der Waals surface area (Å²) in [6.07, 6.45) is 1.87. The number of hydrogen-bond acceptors (Lipinski definition) is 4. The van der Waals surface area contributed by atoms with E-state index in [9.17, 15) is 0 Å². The Hall–Kier alpha value is -1.39. The highest BCUT2D eigenvalue weighted by molar-refractivity contribution is 7.09. The fourth-order valence-electron chi connectivity index (χ4n) is 1.80. The molecule has 0 spiro atoms. The van der Waals surface area contributed by atoms with Crippen LogP contribution in [0.4, 0.5) is 0 Å². The van der Waals surface area contributed by atoms with Crippen LogP contribution in [-0.2, 0) is 18.4 Å². The highest BCUT2D eigenvalue weighted by Gasteiger charge is 2.17. The molecular formula is C16H22N2OS. The summed E-state index contributed by atoms with van der Waals surface area (Å²) in [5, 5.41) is 3.11. The van der Waals surface area contributed by atoms with Gasteiger partial charge in [0.15, 0.2) is 0 Å². The van der Waals surface area contributed by atoms with Gasteiger partial charge in [-0.2, -0.15) is 0 Å². The number of nitrogens with two attached hydrogens (primary N) is 1. The highest BCUT2D eigenvalue weighted by atomic mass is 32.1. The van der Waals surface area contributed by atoms with Gasteiger partial charge >= 0.3 is 0 Å². The molecule has 3 nitrogen and oxygen atoms in total. The largest absolute Gasteiger partial charge is 0.493 e. The summed E-state index contributed by atoms with van der Waals surface area (Å²) < 4.78 is 5.74. The monoisotopic (exact) mass is 290 g/mol. The fourth-order valence-corrected chi connectivity index (χ4v) is 2.76. The molecule has 1 heterocycles. The van der Waals surface area contributed by atoms with E-state index >= 15 is 0 Å². The summed E-state index contributed by atoms with van der Waals surface area (Å²) in [7, 11) is 0. The summed E-state index contributed by atoms with van der Waals surface area (Å²) in [4.78, 5) is 4.55. The van der Waals surface area contributed by atoms with Gasteiger partial charge in [-0.25, -0.2) is 4.98 Å². The van der Waals surface area contributed by atoms with Crippen molar-refractivity contribution in [1.29, 1.82) is 0 Å². The third kappa shape index (κ3) is 4.05. The molecule has 0 radical (unpaired) electrons. The Kier molecular flexibility index (Phi) is 4.78. The molecular weight excluding hydrogens is 268 g/mol. The SMILES string of the molecule is CCc1ccc(OCCc2nc(C(C)(C)N)cs2)cc1. The van der Waals surface area contributed by atoms with Crippen molar-refractivity contribution in [3.05, 3.63) is 45.9 Å². The van der Waals surface area contributed by atoms with Crippen LogP contribution in [0.15, 0.2) is 29.6 Å². The van der Waals surface area contributed by atoms with Crippen LogP contribution >= 0.6 is 11.3 Å². The molecule has 1 aromatic carbocycles. The van der Waals surface area contributed by atoms with Crippen molar-refractivity contribution in [2.45, 2.75) is 39.2 Å². The average molecular weight is 290 g/mol. The smallest absolute Gasteiger partial charge is 0.119 e. The summed E-state index contributed by atoms with van der Waals surface area (Å²) in [6, 6.07) is 8.26. The minimum Gasteiger partial charge on any atom is -0.493 e. The first-order valence-corrected chi connectivity index (χ1v) is 7.82. The van der Waals surface area contributed by atoms with Gasteiger partial charge in [0.25, 0.3) is 0 Å². The van der Waals surface area contributed by atoms with Crippen LogP contribution < -0.4 is 10.5 Å². The van der Waals surface area contributed by atoms with Crippen LogP contribution in [0.5, 0.6) is 5.75 Å². The molecule has 2 N–H and O–H groups in total. The van der Waals surface area contributed by atoms with Crippen molar-refractivity contribution >= 4 is 11.3 Å². The van der Waals surface area contributed by atoms with Gasteiger partial charge in [0.2, 0.25) is 0 Å². The minimum absolute atomic E-state index is 0.369. The van der Waals surface area contributed by atoms with Gasteiger partial charge in [0.1, 0.15) is 5.75 Å². The van der Waals surface area contributed by atoms with Gasteiger partial charge < -0.3 is 10.5 Å². The third-order valence-corrected chi connectivity index (χ3v) is 4.04. The molecule has 0 aliphatic carbocycles. The molecule has 0 saturated heterocycles. The first-order valence-electron chi connectivity index (χ1n) is 6.94. The lowest BCUT2D eigenvalue weighted by molar-refractivity contribution is 0.321. The van der Waals surface area contributed by atoms with Crippen LogP contribution in [-0.4, -0.2) is 11.6 Å². The van der Waals surface area contributed by atoms with Gasteiger partial charge in [-0.1, -0.05) is 19.1 Å². The molecule has 0 fully saturated rings. The first kappa shape index (κ1) is 15.0. The Morgan fingerprint density at radius 1 is 1.25 bits per heavy atom. The van der Waals surface area contributed by atoms with E-state index in [1.54, 1.807) is 11.3 Å². The highest BCUT2D eigenvalue weighted by Crippen LogP contribution is 2.20. The molecule has 0 amide bonds. The molecule has 2 aromatic rings. The number of thiazole rings is 1. The number of hydrogen-bond donors (Lipinski definition) is 1. The normalized spacial score (nSPS) is 11.6. The molecule has 1 aromatic heterocycles. The van der Waals surface area contributed by atoms with Crippen molar-refractivity contribution in [3.8, 4) is 5.75 Å². The molecule has 0 saturated carbocycles. The van der Waals surface area contributed by atoms with Crippen molar-refractivity contribution < 1.29 is 4.74 Å². The fraction of sp³-hybridized carbons (Fsp3) is 0.438. The van der Waals surface area contributed by atoms with Crippen molar-refractivity contribution in [1.82, 2.24) is 4.98 Å². The Morgan fingerprint density at radius 2 is 1.95 bits per heavy atom. The molecule has 0 bridgehead atoms. The van der Waals surface area contributed by atoms with Gasteiger partial charge in [-0.3, -0.25) is 0 Å². The van der Waals surface area contributed by atoms with Crippen molar-refractivity contribution in [2.75, 3.05) is 6.61 Å². The zero-order valence-electron chi connectivity index (χ0n) is 12.3. The zero-order valence-corrected chi connectivity index (χ0v) is 13.2. The Labute approximate surface area is 124 Å². The third-order valence-electron chi connectivity index (χ3n) is 3.13. The maximum absolute atomic E-state index is 6.03. The number of ether oxygens (including phenoxy) is 1. The van der Waals surface area contributed by atoms with E-state index < -0.39 is 0 Å². The van der Waals surface area contributed by atoms with E-state index in [1.807, 2.05) is 31.4 Å². The summed E-state index contributed by atoms with van der Waals surface area (Å²) in [5.41, 5.74) is 7.94. The van der Waals surface area contributed by atoms with Crippen molar-refractivity contribution in [2.24, 2.45) is 5.73 Å². The van der Waals surface area contributed by atoms with Crippen molar-refractivity contribution in [3.63, 3.8) is 0 Å². The van der Waals surface area contributed by atoms with Crippen LogP contribution in [0.25, 0.3) is 0 Å². The summed E-state index contributed by atoms with van der Waals surface area (Å²) >= 11 is 1.65. The van der Waals surface area contributed by atoms with E-state index in [2.05, 4.69) is 24.0 Å². The molecule has 4 heteroatoms. The molecule has 0 atom stereocenters. The molecule has 20 heavy (non-hydrogen) atoms. The maximum Gasteiger partial charge on any atom is 0.119 e. The molecule has 0 aliphatic heterocycles. The zero-order chi connectivity index (χ0) is 14.6. The lowest BCUT2D eigenvalue weighted by Gasteiger charge is -2.14. The van der Waals surface area contributed by atoms with E-state index in [1.165, 1.54) is 5.56 Å². The Balaban J connectivity index is 1.84. The van der Waals surface area contributed by atoms with Crippen LogP contribution in [0.1, 0.15) is 37.0 Å². The van der Waals surface area contributed by atoms with Gasteiger partial charge in [-0.05, 0) is 38.0 Å². The second-order valence-corrected chi connectivity index (χ2v) is 6.39. The summed E-state index contributed by atoms with van der Waals surface area (Å²) in [5.74, 6) is 0.915. The second-order valence-electron chi connectivity index (χ2n) is 5.44. The van der Waals surface area contributed by atoms with Crippen LogP contribution in [0.2, 0.25) is 0 Å². The summed E-state index contributed by atoms with van der Waals surface area (Å²) in [6.45, 7) is 6.73. The number of nitrogens with zero attached hydrogens (tertiary/aromatic N) is 1. The quantitative estimate of drug-likeness (QED) is 0.885. The van der Waals surface area contributed by atoms with Gasteiger partial charge in [0, 0.05) is 11.8 Å². The molecule has 0 unspecified atom stereocenters. The number of rotatable bonds is 6. The van der Waals surface area contributed by atoms with Crippen LogP contribution in [0.3, 0.4) is 0 Å². The van der Waals surface area contributed by atoms with E-state index in [0.29, 0.717) is 6.61 Å². The average Bonchev–Trinajstić information content (AvgIpc) is 2.88. The lowest BCUT2D eigenvalue weighted by Crippen LogP contribution is -2.29. The Bertz CT molecular complexity index is 540. The van der Waals surface area contributed by atoms with E-state index in [0.717, 1.165) is 29.3 Å². The van der Waals surface area contributed by atoms with Gasteiger partial charge in [-0.15, -0.1) is 11.3 Å². The lowest BCUT2D eigenvalue weighted by atomic mass is 10.0. The van der Waals surface area contributed by atoms with E-state index in [4.69, 9.17) is 10.5 Å². The number of aromatic nitrogens is 1. The standard InChI is InChI=1S/C16H22N2OS/c1-4-12-5-7-13(8-6-12)19-10-9-15-18-14(11-20-15)16(2,3)17/h5-8,11H,4,9-10,17H2,1-3H3. The topological polar surface area (TPSA) is 48.1 Å². The predicted octanol–water partition coefficient (Wildman–Crippen LogP) is 3.52. The van der Waals surface area contributed by atoms with Gasteiger partial charge in [0.05, 0.1) is 22.8 Å². The number of benzene rings is 1. The predicted molar refractivity (Wildman–Crippen MR) is 84.3 cm³/mol. The Morgan fingerprint density at radius 3 is 2.50 bits per heavy atom. The minimum atomic E-state index is -0.369. The van der Waals surface area contributed by atoms with Crippen LogP contribution in [0, 0.1) is 0 Å². The number of aryl methyl sites for hydroxylation is 1. The first-order chi connectivity index (χ1) is 9.49. The van der Waals surface area contributed by atoms with E-state index in [-0.39, 0.29) is 5.54 Å². The molecule has 0 aliphatic rings. The molecule has 2 rings (SSSR count). The maximum atomic E-state index is 6.03. The second kappa shape index (κ2) is 6.37. The molecule has 108 valence electrons.